The minimum Gasteiger partial charge on any atom is -0.453 e. The third-order valence-electron chi connectivity index (χ3n) is 5.58. The molecule has 0 spiro atoms. The number of rotatable bonds is 9. The molecule has 1 saturated heterocycles. The number of thioether (sulfide) groups is 1. The zero-order valence-electron chi connectivity index (χ0n) is 19.9. The standard InChI is InChI=1S/C25H28N4O6S/c1-15(33-16(2)31)23(32)28-20-9-7-19(8-10-20)24-34-21(13-36-25-26-14-27-29-25)11-22(35-24)18-5-3-17(12-30)4-6-18/h3-10,14-15,21-22,24,30H,11-13H2,1-2H3,(H,28,32)(H,26,27,29)/t15-,21-,22+,24+/m0/s1. The Bertz CT molecular complexity index is 1140. The molecule has 0 unspecified atom stereocenters. The van der Waals surface area contributed by atoms with Crippen LogP contribution in [0.1, 0.15) is 49.4 Å². The van der Waals surface area contributed by atoms with Gasteiger partial charge in [0.05, 0.1) is 18.8 Å². The number of aliphatic hydroxyl groups excluding tert-OH is 1. The molecule has 11 heteroatoms. The lowest BCUT2D eigenvalue weighted by Gasteiger charge is -2.36. The molecule has 1 aliphatic rings. The zero-order chi connectivity index (χ0) is 25.5. The van der Waals surface area contributed by atoms with Crippen LogP contribution in [0.15, 0.2) is 60.0 Å². The van der Waals surface area contributed by atoms with Gasteiger partial charge in [-0.3, -0.25) is 14.7 Å². The highest BCUT2D eigenvalue weighted by atomic mass is 32.2. The van der Waals surface area contributed by atoms with Crippen LogP contribution in [0.3, 0.4) is 0 Å². The van der Waals surface area contributed by atoms with Gasteiger partial charge in [0, 0.05) is 30.3 Å². The lowest BCUT2D eigenvalue weighted by atomic mass is 10.0. The van der Waals surface area contributed by atoms with Gasteiger partial charge in [0.15, 0.2) is 17.6 Å². The number of carbonyl (C=O) groups excluding carboxylic acids is 2. The molecule has 0 aliphatic carbocycles. The van der Waals surface area contributed by atoms with Crippen molar-refractivity contribution >= 4 is 29.3 Å². The molecule has 1 aromatic heterocycles. The van der Waals surface area contributed by atoms with Crippen LogP contribution in [0.25, 0.3) is 0 Å². The van der Waals surface area contributed by atoms with E-state index < -0.39 is 24.3 Å². The average molecular weight is 513 g/mol. The molecular formula is C25H28N4O6S. The summed E-state index contributed by atoms with van der Waals surface area (Å²) in [5, 5.41) is 19.5. The summed E-state index contributed by atoms with van der Waals surface area (Å²) in [7, 11) is 0. The number of nitrogens with zero attached hydrogens (tertiary/aromatic N) is 2. The molecule has 0 radical (unpaired) electrons. The Balaban J connectivity index is 1.46. The fourth-order valence-electron chi connectivity index (χ4n) is 3.73. The van der Waals surface area contributed by atoms with Gasteiger partial charge in [0.25, 0.3) is 5.91 Å². The Morgan fingerprint density at radius 3 is 2.53 bits per heavy atom. The normalized spacial score (nSPS) is 20.5. The first-order valence-corrected chi connectivity index (χ1v) is 12.5. The van der Waals surface area contributed by atoms with Gasteiger partial charge < -0.3 is 24.6 Å². The van der Waals surface area contributed by atoms with Crippen molar-refractivity contribution < 1.29 is 28.9 Å². The number of hydrogen-bond donors (Lipinski definition) is 3. The number of ether oxygens (including phenoxy) is 3. The van der Waals surface area contributed by atoms with E-state index in [0.717, 1.165) is 16.7 Å². The van der Waals surface area contributed by atoms with Crippen LogP contribution in [0.2, 0.25) is 0 Å². The number of amides is 1. The molecule has 4 atom stereocenters. The fraction of sp³-hybridized carbons (Fsp3) is 0.360. The minimum absolute atomic E-state index is 0.0173. The molecule has 4 rings (SSSR count). The Labute approximate surface area is 212 Å². The molecule has 3 N–H and O–H groups in total. The maximum Gasteiger partial charge on any atom is 0.303 e. The summed E-state index contributed by atoms with van der Waals surface area (Å²) < 4.78 is 17.5. The molecule has 1 fully saturated rings. The third-order valence-corrected chi connectivity index (χ3v) is 6.58. The number of aromatic nitrogens is 3. The third kappa shape index (κ3) is 6.91. The molecule has 2 heterocycles. The second kappa shape index (κ2) is 12.1. The summed E-state index contributed by atoms with van der Waals surface area (Å²) in [5.74, 6) is -0.280. The summed E-state index contributed by atoms with van der Waals surface area (Å²) in [4.78, 5) is 27.5. The maximum absolute atomic E-state index is 12.2. The number of benzene rings is 2. The van der Waals surface area contributed by atoms with Gasteiger partial charge in [0.2, 0.25) is 0 Å². The second-order valence-electron chi connectivity index (χ2n) is 8.31. The Morgan fingerprint density at radius 2 is 1.89 bits per heavy atom. The summed E-state index contributed by atoms with van der Waals surface area (Å²) in [6.07, 6.45) is 0.276. The number of carbonyl (C=O) groups is 2. The van der Waals surface area contributed by atoms with Gasteiger partial charge in [-0.25, -0.2) is 4.98 Å². The minimum atomic E-state index is -0.896. The van der Waals surface area contributed by atoms with Crippen molar-refractivity contribution in [2.45, 2.75) is 56.6 Å². The Hall–Kier alpha value is -3.25. The number of nitrogens with one attached hydrogen (secondary N) is 2. The molecular weight excluding hydrogens is 484 g/mol. The summed E-state index contributed by atoms with van der Waals surface area (Å²) in [5.41, 5.74) is 3.19. The molecule has 0 saturated carbocycles. The maximum atomic E-state index is 12.2. The number of hydrogen-bond acceptors (Lipinski definition) is 9. The van der Waals surface area contributed by atoms with Gasteiger partial charge >= 0.3 is 5.97 Å². The number of anilines is 1. The predicted octanol–water partition coefficient (Wildman–Crippen LogP) is 3.52. The van der Waals surface area contributed by atoms with Crippen LogP contribution >= 0.6 is 11.8 Å². The molecule has 36 heavy (non-hydrogen) atoms. The van der Waals surface area contributed by atoms with Crippen LogP contribution in [0, 0.1) is 0 Å². The van der Waals surface area contributed by atoms with Crippen molar-refractivity contribution in [1.82, 2.24) is 15.2 Å². The van der Waals surface area contributed by atoms with Crippen molar-refractivity contribution in [3.8, 4) is 0 Å². The highest BCUT2D eigenvalue weighted by molar-refractivity contribution is 7.99. The van der Waals surface area contributed by atoms with Crippen molar-refractivity contribution in [2.24, 2.45) is 0 Å². The Kier molecular flexibility index (Phi) is 8.70. The number of H-pyrrole nitrogens is 1. The van der Waals surface area contributed by atoms with Crippen molar-refractivity contribution in [3.05, 3.63) is 71.5 Å². The first-order valence-electron chi connectivity index (χ1n) is 11.5. The lowest BCUT2D eigenvalue weighted by Crippen LogP contribution is -2.31. The van der Waals surface area contributed by atoms with E-state index in [1.54, 1.807) is 12.1 Å². The molecule has 3 aromatic rings. The highest BCUT2D eigenvalue weighted by Gasteiger charge is 2.32. The average Bonchev–Trinajstić information content (AvgIpc) is 3.41. The zero-order valence-corrected chi connectivity index (χ0v) is 20.7. The van der Waals surface area contributed by atoms with E-state index in [1.807, 2.05) is 36.4 Å². The van der Waals surface area contributed by atoms with E-state index in [-0.39, 0.29) is 18.8 Å². The summed E-state index contributed by atoms with van der Waals surface area (Å²) in [6.45, 7) is 2.75. The van der Waals surface area contributed by atoms with E-state index in [2.05, 4.69) is 20.5 Å². The summed E-state index contributed by atoms with van der Waals surface area (Å²) in [6, 6.07) is 14.8. The first-order chi connectivity index (χ1) is 17.4. The Morgan fingerprint density at radius 1 is 1.17 bits per heavy atom. The van der Waals surface area contributed by atoms with E-state index in [0.29, 0.717) is 23.0 Å². The molecule has 1 aliphatic heterocycles. The number of esters is 1. The van der Waals surface area contributed by atoms with Gasteiger partial charge in [-0.05, 0) is 30.2 Å². The van der Waals surface area contributed by atoms with Crippen LogP contribution in [-0.2, 0) is 30.4 Å². The van der Waals surface area contributed by atoms with Crippen LogP contribution in [0.4, 0.5) is 5.69 Å². The molecule has 0 bridgehead atoms. The highest BCUT2D eigenvalue weighted by Crippen LogP contribution is 2.39. The van der Waals surface area contributed by atoms with Gasteiger partial charge in [-0.15, -0.1) is 0 Å². The van der Waals surface area contributed by atoms with Gasteiger partial charge in [-0.2, -0.15) is 5.10 Å². The first kappa shape index (κ1) is 25.8. The van der Waals surface area contributed by atoms with E-state index >= 15 is 0 Å². The smallest absolute Gasteiger partial charge is 0.303 e. The second-order valence-corrected chi connectivity index (χ2v) is 9.32. The van der Waals surface area contributed by atoms with E-state index in [1.165, 1.54) is 31.9 Å². The largest absolute Gasteiger partial charge is 0.453 e. The predicted molar refractivity (Wildman–Crippen MR) is 132 cm³/mol. The van der Waals surface area contributed by atoms with Gasteiger partial charge in [0.1, 0.15) is 6.33 Å². The van der Waals surface area contributed by atoms with Crippen LogP contribution < -0.4 is 5.32 Å². The fourth-order valence-corrected chi connectivity index (χ4v) is 4.53. The number of aromatic amines is 1. The van der Waals surface area contributed by atoms with E-state index in [9.17, 15) is 14.7 Å². The van der Waals surface area contributed by atoms with Crippen molar-refractivity contribution in [3.63, 3.8) is 0 Å². The van der Waals surface area contributed by atoms with Crippen LogP contribution in [0.5, 0.6) is 0 Å². The lowest BCUT2D eigenvalue weighted by molar-refractivity contribution is -0.245. The molecule has 2 aromatic carbocycles. The molecule has 10 nitrogen and oxygen atoms in total. The SMILES string of the molecule is CC(=O)O[C@@H](C)C(=O)Nc1ccc([C@@H]2O[C@H](CSc3ncn[nH]3)C[C@H](c3ccc(CO)cc3)O2)cc1. The van der Waals surface area contributed by atoms with Crippen molar-refractivity contribution in [1.29, 1.82) is 0 Å². The van der Waals surface area contributed by atoms with E-state index in [4.69, 9.17) is 14.2 Å². The molecule has 1 amide bonds. The summed E-state index contributed by atoms with van der Waals surface area (Å²) >= 11 is 1.52. The van der Waals surface area contributed by atoms with Crippen LogP contribution in [-0.4, -0.2) is 50.1 Å². The monoisotopic (exact) mass is 512 g/mol. The number of aliphatic hydroxyl groups is 1. The molecule has 190 valence electrons. The topological polar surface area (TPSA) is 136 Å². The van der Waals surface area contributed by atoms with Crippen molar-refractivity contribution in [2.75, 3.05) is 11.1 Å². The van der Waals surface area contributed by atoms with Gasteiger partial charge in [-0.1, -0.05) is 48.2 Å². The quantitative estimate of drug-likeness (QED) is 0.291.